The molecule has 0 saturated heterocycles. The highest BCUT2D eigenvalue weighted by Gasteiger charge is 2.10. The van der Waals surface area contributed by atoms with Crippen LogP contribution < -0.4 is 4.90 Å². The Morgan fingerprint density at radius 2 is 2.11 bits per heavy atom. The maximum Gasteiger partial charge on any atom is 0.0762 e. The van der Waals surface area contributed by atoms with E-state index in [1.165, 1.54) is 0 Å². The van der Waals surface area contributed by atoms with E-state index in [1.807, 2.05) is 42.3 Å². The molecule has 3 nitrogen and oxygen atoms in total. The van der Waals surface area contributed by atoms with Crippen LogP contribution in [-0.2, 0) is 6.54 Å². The van der Waals surface area contributed by atoms with Gasteiger partial charge in [0.05, 0.1) is 29.1 Å². The molecule has 2 aromatic rings. The van der Waals surface area contributed by atoms with Gasteiger partial charge in [-0.05, 0) is 36.8 Å². The molecule has 0 unspecified atom stereocenters. The highest BCUT2D eigenvalue weighted by Crippen LogP contribution is 2.29. The van der Waals surface area contributed by atoms with Gasteiger partial charge < -0.3 is 10.0 Å². The predicted octanol–water partition coefficient (Wildman–Crippen LogP) is 3.42. The van der Waals surface area contributed by atoms with E-state index in [2.05, 4.69) is 4.98 Å². The molecule has 19 heavy (non-hydrogen) atoms. The summed E-state index contributed by atoms with van der Waals surface area (Å²) in [6.07, 6.45) is 1.27. The molecule has 1 aromatic heterocycles. The standard InChI is InChI=1S/C15H17ClN2O/c1-11(19)12-6-7-15(14(16)9-12)18(2)10-13-5-3-4-8-17-13/h3-9,11,19H,10H2,1-2H3/t11-/m1/s1. The van der Waals surface area contributed by atoms with Crippen LogP contribution in [0.2, 0.25) is 5.02 Å². The number of aliphatic hydroxyl groups is 1. The second-order valence-corrected chi connectivity index (χ2v) is 4.97. The van der Waals surface area contributed by atoms with Crippen molar-refractivity contribution in [2.24, 2.45) is 0 Å². The van der Waals surface area contributed by atoms with Crippen molar-refractivity contribution in [1.82, 2.24) is 4.98 Å². The summed E-state index contributed by atoms with van der Waals surface area (Å²) in [5.74, 6) is 0. The van der Waals surface area contributed by atoms with Crippen molar-refractivity contribution >= 4 is 17.3 Å². The fourth-order valence-corrected chi connectivity index (χ4v) is 2.25. The van der Waals surface area contributed by atoms with Gasteiger partial charge in [0.25, 0.3) is 0 Å². The minimum Gasteiger partial charge on any atom is -0.389 e. The monoisotopic (exact) mass is 276 g/mol. The van der Waals surface area contributed by atoms with E-state index in [0.717, 1.165) is 16.9 Å². The summed E-state index contributed by atoms with van der Waals surface area (Å²) in [5, 5.41) is 10.2. The number of hydrogen-bond donors (Lipinski definition) is 1. The van der Waals surface area contributed by atoms with E-state index in [4.69, 9.17) is 11.6 Å². The van der Waals surface area contributed by atoms with Crippen molar-refractivity contribution in [2.45, 2.75) is 19.6 Å². The Balaban J connectivity index is 2.17. The Kier molecular flexibility index (Phi) is 4.40. The Morgan fingerprint density at radius 3 is 2.68 bits per heavy atom. The van der Waals surface area contributed by atoms with Gasteiger partial charge in [0.1, 0.15) is 0 Å². The number of rotatable bonds is 4. The Morgan fingerprint density at radius 1 is 1.32 bits per heavy atom. The van der Waals surface area contributed by atoms with Crippen molar-refractivity contribution in [3.8, 4) is 0 Å². The van der Waals surface area contributed by atoms with E-state index in [1.54, 1.807) is 19.2 Å². The molecule has 0 saturated carbocycles. The second-order valence-electron chi connectivity index (χ2n) is 4.56. The molecule has 0 bridgehead atoms. The van der Waals surface area contributed by atoms with Crippen molar-refractivity contribution in [1.29, 1.82) is 0 Å². The zero-order valence-corrected chi connectivity index (χ0v) is 11.8. The first-order chi connectivity index (χ1) is 9.08. The van der Waals surface area contributed by atoms with Crippen LogP contribution >= 0.6 is 11.6 Å². The number of halogens is 1. The van der Waals surface area contributed by atoms with Gasteiger partial charge in [-0.15, -0.1) is 0 Å². The van der Waals surface area contributed by atoms with Crippen LogP contribution in [0.15, 0.2) is 42.6 Å². The molecule has 1 heterocycles. The number of anilines is 1. The van der Waals surface area contributed by atoms with Gasteiger partial charge in [-0.25, -0.2) is 0 Å². The molecule has 0 amide bonds. The van der Waals surface area contributed by atoms with E-state index in [0.29, 0.717) is 11.6 Å². The highest BCUT2D eigenvalue weighted by atomic mass is 35.5. The first kappa shape index (κ1) is 13.8. The number of hydrogen-bond acceptors (Lipinski definition) is 3. The Hall–Kier alpha value is -1.58. The molecule has 0 aliphatic rings. The maximum absolute atomic E-state index is 9.53. The Labute approximate surface area is 118 Å². The fourth-order valence-electron chi connectivity index (χ4n) is 1.91. The second kappa shape index (κ2) is 6.04. The number of pyridine rings is 1. The molecule has 0 spiro atoms. The lowest BCUT2D eigenvalue weighted by Gasteiger charge is -2.21. The first-order valence-corrected chi connectivity index (χ1v) is 6.54. The number of aromatic nitrogens is 1. The average molecular weight is 277 g/mol. The number of nitrogens with zero attached hydrogens (tertiary/aromatic N) is 2. The smallest absolute Gasteiger partial charge is 0.0762 e. The minimum atomic E-state index is -0.507. The molecule has 100 valence electrons. The van der Waals surface area contributed by atoms with Crippen molar-refractivity contribution in [2.75, 3.05) is 11.9 Å². The topological polar surface area (TPSA) is 36.4 Å². The highest BCUT2D eigenvalue weighted by molar-refractivity contribution is 6.33. The summed E-state index contributed by atoms with van der Waals surface area (Å²) in [4.78, 5) is 6.33. The van der Waals surface area contributed by atoms with Gasteiger partial charge in [-0.2, -0.15) is 0 Å². The summed E-state index contributed by atoms with van der Waals surface area (Å²) in [6, 6.07) is 11.5. The van der Waals surface area contributed by atoms with E-state index >= 15 is 0 Å². The van der Waals surface area contributed by atoms with Crippen molar-refractivity contribution in [3.05, 3.63) is 58.9 Å². The zero-order valence-electron chi connectivity index (χ0n) is 11.0. The molecule has 1 aromatic carbocycles. The van der Waals surface area contributed by atoms with E-state index in [-0.39, 0.29) is 0 Å². The van der Waals surface area contributed by atoms with Crippen molar-refractivity contribution in [3.63, 3.8) is 0 Å². The van der Waals surface area contributed by atoms with Crippen LogP contribution in [-0.4, -0.2) is 17.1 Å². The first-order valence-electron chi connectivity index (χ1n) is 6.16. The summed E-state index contributed by atoms with van der Waals surface area (Å²) >= 11 is 6.26. The summed E-state index contributed by atoms with van der Waals surface area (Å²) in [6.45, 7) is 2.41. The van der Waals surface area contributed by atoms with E-state index in [9.17, 15) is 5.11 Å². The van der Waals surface area contributed by atoms with Crippen LogP contribution in [0.5, 0.6) is 0 Å². The normalized spacial score (nSPS) is 12.2. The van der Waals surface area contributed by atoms with Crippen molar-refractivity contribution < 1.29 is 5.11 Å². The fraction of sp³-hybridized carbons (Fsp3) is 0.267. The molecule has 1 N–H and O–H groups in total. The van der Waals surface area contributed by atoms with Crippen LogP contribution in [0.3, 0.4) is 0 Å². The third kappa shape index (κ3) is 3.46. The molecule has 0 radical (unpaired) electrons. The minimum absolute atomic E-state index is 0.507. The molecule has 4 heteroatoms. The zero-order chi connectivity index (χ0) is 13.8. The molecule has 2 rings (SSSR count). The van der Waals surface area contributed by atoms with Gasteiger partial charge in [-0.3, -0.25) is 4.98 Å². The number of aliphatic hydroxyl groups excluding tert-OH is 1. The third-order valence-electron chi connectivity index (χ3n) is 2.99. The van der Waals surface area contributed by atoms with Gasteiger partial charge in [-0.1, -0.05) is 23.7 Å². The largest absolute Gasteiger partial charge is 0.389 e. The van der Waals surface area contributed by atoms with Gasteiger partial charge in [0.15, 0.2) is 0 Å². The molecular weight excluding hydrogens is 260 g/mol. The molecule has 1 atom stereocenters. The lowest BCUT2D eigenvalue weighted by molar-refractivity contribution is 0.199. The average Bonchev–Trinajstić information content (AvgIpc) is 2.39. The molecular formula is C15H17ClN2O. The van der Waals surface area contributed by atoms with Gasteiger partial charge >= 0.3 is 0 Å². The molecule has 0 fully saturated rings. The van der Waals surface area contributed by atoms with Crippen LogP contribution in [0.25, 0.3) is 0 Å². The lowest BCUT2D eigenvalue weighted by atomic mass is 10.1. The van der Waals surface area contributed by atoms with Crippen LogP contribution in [0, 0.1) is 0 Å². The predicted molar refractivity (Wildman–Crippen MR) is 78.4 cm³/mol. The SMILES string of the molecule is C[C@@H](O)c1ccc(N(C)Cc2ccccn2)c(Cl)c1. The summed E-state index contributed by atoms with van der Waals surface area (Å²) in [7, 11) is 1.97. The molecule has 0 aliphatic heterocycles. The Bertz CT molecular complexity index is 543. The third-order valence-corrected chi connectivity index (χ3v) is 3.29. The summed E-state index contributed by atoms with van der Waals surface area (Å²) < 4.78 is 0. The quantitative estimate of drug-likeness (QED) is 0.929. The molecule has 0 aliphatic carbocycles. The maximum atomic E-state index is 9.53. The van der Waals surface area contributed by atoms with Crippen LogP contribution in [0.4, 0.5) is 5.69 Å². The summed E-state index contributed by atoms with van der Waals surface area (Å²) in [5.41, 5.74) is 2.73. The van der Waals surface area contributed by atoms with Gasteiger partial charge in [0.2, 0.25) is 0 Å². The van der Waals surface area contributed by atoms with E-state index < -0.39 is 6.10 Å². The van der Waals surface area contributed by atoms with Crippen LogP contribution in [0.1, 0.15) is 24.3 Å². The van der Waals surface area contributed by atoms with Gasteiger partial charge in [0, 0.05) is 13.2 Å². The number of benzene rings is 1. The lowest BCUT2D eigenvalue weighted by Crippen LogP contribution is -2.17.